The maximum Gasteiger partial charge on any atom is 0.186 e. The molecule has 1 aromatic carbocycles. The van der Waals surface area contributed by atoms with Crippen molar-refractivity contribution in [2.45, 2.75) is 24.5 Å². The second-order valence-corrected chi connectivity index (χ2v) is 10.1. The topological polar surface area (TPSA) is 37.3 Å². The highest BCUT2D eigenvalue weighted by atomic mass is 32.2. The molecule has 0 aliphatic heterocycles. The average molecular weight is 214 g/mol. The van der Waals surface area contributed by atoms with E-state index in [-0.39, 0.29) is 0 Å². The number of hydrogen-bond donors (Lipinski definition) is 1. The Morgan fingerprint density at radius 2 is 1.62 bits per heavy atom. The fraction of sp³-hybridized carbons (Fsp3) is 0.333. The first-order valence-electron chi connectivity index (χ1n) is 4.12. The lowest BCUT2D eigenvalue weighted by Gasteiger charge is -2.16. The second kappa shape index (κ2) is 3.73. The second-order valence-electron chi connectivity index (χ2n) is 4.02. The standard InChI is InChI=1S/C9H14O2SSi/c1-13(2,3)9-6-4-8(5-7-9)12(10)11/h4-7H,1-3H3,(H,10,11). The van der Waals surface area contributed by atoms with Crippen LogP contribution in [0.3, 0.4) is 0 Å². The molecule has 0 spiro atoms. The van der Waals surface area contributed by atoms with Crippen molar-refractivity contribution in [1.82, 2.24) is 0 Å². The molecule has 72 valence electrons. The van der Waals surface area contributed by atoms with Crippen LogP contribution in [0.4, 0.5) is 0 Å². The first-order chi connectivity index (χ1) is 5.91. The number of hydrogen-bond acceptors (Lipinski definition) is 1. The molecule has 1 aromatic rings. The van der Waals surface area contributed by atoms with Crippen molar-refractivity contribution in [2.24, 2.45) is 0 Å². The van der Waals surface area contributed by atoms with Gasteiger partial charge in [-0.1, -0.05) is 37.0 Å². The highest BCUT2D eigenvalue weighted by Gasteiger charge is 2.15. The first-order valence-corrected chi connectivity index (χ1v) is 8.73. The summed E-state index contributed by atoms with van der Waals surface area (Å²) in [6.45, 7) is 6.74. The number of benzene rings is 1. The minimum absolute atomic E-state index is 0.474. The molecule has 0 aromatic heterocycles. The van der Waals surface area contributed by atoms with Crippen molar-refractivity contribution in [3.8, 4) is 0 Å². The highest BCUT2D eigenvalue weighted by Crippen LogP contribution is 2.06. The van der Waals surface area contributed by atoms with Gasteiger partial charge in [-0.2, -0.15) is 0 Å². The summed E-state index contributed by atoms with van der Waals surface area (Å²) in [5, 5.41) is 1.31. The normalized spacial score (nSPS) is 14.2. The van der Waals surface area contributed by atoms with Gasteiger partial charge in [-0.3, -0.25) is 0 Å². The molecule has 0 aliphatic carbocycles. The summed E-state index contributed by atoms with van der Waals surface area (Å²) in [5.41, 5.74) is 0. The summed E-state index contributed by atoms with van der Waals surface area (Å²) in [6.07, 6.45) is 0. The molecule has 0 fully saturated rings. The molecule has 0 saturated heterocycles. The molecule has 0 amide bonds. The fourth-order valence-electron chi connectivity index (χ4n) is 1.07. The Morgan fingerprint density at radius 3 is 1.92 bits per heavy atom. The quantitative estimate of drug-likeness (QED) is 0.602. The Hall–Kier alpha value is -0.453. The van der Waals surface area contributed by atoms with E-state index in [1.54, 1.807) is 12.1 Å². The molecule has 1 rings (SSSR count). The van der Waals surface area contributed by atoms with Crippen LogP contribution in [0, 0.1) is 0 Å². The van der Waals surface area contributed by atoms with E-state index in [0.29, 0.717) is 4.90 Å². The van der Waals surface area contributed by atoms with E-state index < -0.39 is 19.2 Å². The zero-order valence-electron chi connectivity index (χ0n) is 8.07. The van der Waals surface area contributed by atoms with Crippen molar-refractivity contribution in [3.63, 3.8) is 0 Å². The van der Waals surface area contributed by atoms with Gasteiger partial charge in [0.05, 0.1) is 13.0 Å². The first kappa shape index (κ1) is 10.6. The van der Waals surface area contributed by atoms with Gasteiger partial charge >= 0.3 is 0 Å². The molecular weight excluding hydrogens is 200 g/mol. The third-order valence-corrected chi connectivity index (χ3v) is 4.66. The maximum atomic E-state index is 10.7. The van der Waals surface area contributed by atoms with Gasteiger partial charge in [0.2, 0.25) is 0 Å². The van der Waals surface area contributed by atoms with E-state index in [1.165, 1.54) is 5.19 Å². The van der Waals surface area contributed by atoms with E-state index in [9.17, 15) is 4.21 Å². The van der Waals surface area contributed by atoms with Crippen LogP contribution in [0.1, 0.15) is 0 Å². The van der Waals surface area contributed by atoms with Crippen LogP contribution in [0.5, 0.6) is 0 Å². The smallest absolute Gasteiger partial charge is 0.186 e. The van der Waals surface area contributed by atoms with Crippen molar-refractivity contribution in [1.29, 1.82) is 0 Å². The molecule has 2 nitrogen and oxygen atoms in total. The van der Waals surface area contributed by atoms with Gasteiger partial charge in [0.25, 0.3) is 0 Å². The molecule has 0 saturated carbocycles. The van der Waals surface area contributed by atoms with Gasteiger partial charge in [0.15, 0.2) is 11.1 Å². The summed E-state index contributed by atoms with van der Waals surface area (Å²) in [6, 6.07) is 7.36. The predicted molar refractivity (Wildman–Crippen MR) is 58.5 cm³/mol. The summed E-state index contributed by atoms with van der Waals surface area (Å²) in [7, 11) is -1.27. The predicted octanol–water partition coefficient (Wildman–Crippen LogP) is 1.81. The molecular formula is C9H14O2SSi. The fourth-order valence-corrected chi connectivity index (χ4v) is 2.61. The molecule has 1 atom stereocenters. The third-order valence-electron chi connectivity index (χ3n) is 1.92. The van der Waals surface area contributed by atoms with Crippen LogP contribution in [-0.2, 0) is 11.1 Å². The summed E-state index contributed by atoms with van der Waals surface area (Å²) >= 11 is -1.85. The van der Waals surface area contributed by atoms with Crippen LogP contribution in [-0.4, -0.2) is 16.8 Å². The van der Waals surface area contributed by atoms with Gasteiger partial charge < -0.3 is 4.55 Å². The lowest BCUT2D eigenvalue weighted by atomic mass is 10.4. The van der Waals surface area contributed by atoms with E-state index in [0.717, 1.165) is 0 Å². The van der Waals surface area contributed by atoms with E-state index in [1.807, 2.05) is 12.1 Å². The Morgan fingerprint density at radius 1 is 1.15 bits per heavy atom. The summed E-state index contributed by atoms with van der Waals surface area (Å²) in [5.74, 6) is 0. The van der Waals surface area contributed by atoms with Crippen LogP contribution in [0.2, 0.25) is 19.6 Å². The van der Waals surface area contributed by atoms with Gasteiger partial charge in [-0.15, -0.1) is 0 Å². The zero-order chi connectivity index (χ0) is 10.1. The molecule has 13 heavy (non-hydrogen) atoms. The van der Waals surface area contributed by atoms with Gasteiger partial charge in [0.1, 0.15) is 0 Å². The molecule has 4 heteroatoms. The van der Waals surface area contributed by atoms with Crippen LogP contribution in [0.15, 0.2) is 29.2 Å². The Kier molecular flexibility index (Phi) is 3.05. The van der Waals surface area contributed by atoms with Crippen molar-refractivity contribution in [2.75, 3.05) is 0 Å². The van der Waals surface area contributed by atoms with Crippen LogP contribution < -0.4 is 5.19 Å². The van der Waals surface area contributed by atoms with Crippen molar-refractivity contribution >= 4 is 24.3 Å². The Labute approximate surface area is 82.3 Å². The monoisotopic (exact) mass is 214 g/mol. The van der Waals surface area contributed by atoms with Crippen LogP contribution >= 0.6 is 0 Å². The lowest BCUT2D eigenvalue weighted by molar-refractivity contribution is 0.564. The average Bonchev–Trinajstić information content (AvgIpc) is 2.03. The molecule has 0 aliphatic rings. The molecule has 0 heterocycles. The minimum atomic E-state index is -1.85. The summed E-state index contributed by atoms with van der Waals surface area (Å²) in [4.78, 5) is 0.474. The van der Waals surface area contributed by atoms with Gasteiger partial charge in [-0.25, -0.2) is 4.21 Å². The maximum absolute atomic E-state index is 10.7. The summed E-state index contributed by atoms with van der Waals surface area (Å²) < 4.78 is 19.5. The minimum Gasteiger partial charge on any atom is -0.302 e. The number of rotatable bonds is 2. The molecule has 1 N–H and O–H groups in total. The van der Waals surface area contributed by atoms with Gasteiger partial charge in [0, 0.05) is 0 Å². The van der Waals surface area contributed by atoms with Crippen molar-refractivity contribution in [3.05, 3.63) is 24.3 Å². The zero-order valence-corrected chi connectivity index (χ0v) is 9.89. The van der Waals surface area contributed by atoms with E-state index in [4.69, 9.17) is 4.55 Å². The lowest BCUT2D eigenvalue weighted by Crippen LogP contribution is -2.37. The third kappa shape index (κ3) is 2.75. The van der Waals surface area contributed by atoms with Gasteiger partial charge in [-0.05, 0) is 12.1 Å². The van der Waals surface area contributed by atoms with E-state index in [2.05, 4.69) is 19.6 Å². The molecule has 0 radical (unpaired) electrons. The highest BCUT2D eigenvalue weighted by molar-refractivity contribution is 7.79. The largest absolute Gasteiger partial charge is 0.302 e. The van der Waals surface area contributed by atoms with E-state index >= 15 is 0 Å². The molecule has 0 bridgehead atoms. The van der Waals surface area contributed by atoms with Crippen molar-refractivity contribution < 1.29 is 8.76 Å². The molecule has 1 unspecified atom stereocenters. The van der Waals surface area contributed by atoms with Crippen LogP contribution in [0.25, 0.3) is 0 Å². The Balaban J connectivity index is 3.01. The Bertz CT molecular complexity index is 313. The SMILES string of the molecule is C[Si](C)(C)c1ccc(S(=O)O)cc1.